The Hall–Kier alpha value is -2.90. The molecule has 0 bridgehead atoms. The maximum Gasteiger partial charge on any atom is 0.164 e. The van der Waals surface area contributed by atoms with Crippen LogP contribution < -0.4 is 0 Å². The normalized spacial score (nSPS) is 25.3. The molecule has 8 heteroatoms. The third-order valence-electron chi connectivity index (χ3n) is 5.63. The summed E-state index contributed by atoms with van der Waals surface area (Å²) in [5, 5.41) is 50.8. The van der Waals surface area contributed by atoms with E-state index in [9.17, 15) is 25.7 Å². The predicted molar refractivity (Wildman–Crippen MR) is 120 cm³/mol. The highest BCUT2D eigenvalue weighted by Gasteiger charge is 2.45. The summed E-state index contributed by atoms with van der Waals surface area (Å²) in [5.74, 6) is 0. The third kappa shape index (κ3) is 3.87. The van der Waals surface area contributed by atoms with Crippen LogP contribution in [0.1, 0.15) is 11.8 Å². The van der Waals surface area contributed by atoms with Crippen molar-refractivity contribution < 1.29 is 25.2 Å². The molecule has 0 radical (unpaired) electrons. The maximum atomic E-state index is 10.8. The standard InChI is InChI=1S/C24H22N2O5S/c25-12-17-16(14-7-3-1-4-8-14)11-18(15-9-5-2-6-10-15)26(24(17)32)23-22(30)21(29)20(28)19(13-27)31-23/h1-11,19-23,27-30H,13H2. The molecule has 0 spiro atoms. The van der Waals surface area contributed by atoms with Crippen LogP contribution in [0.25, 0.3) is 22.4 Å². The van der Waals surface area contributed by atoms with Crippen molar-refractivity contribution in [2.45, 2.75) is 30.6 Å². The van der Waals surface area contributed by atoms with Gasteiger partial charge in [-0.05, 0) is 17.2 Å². The lowest BCUT2D eigenvalue weighted by Gasteiger charge is -2.41. The lowest BCUT2D eigenvalue weighted by molar-refractivity contribution is -0.251. The van der Waals surface area contributed by atoms with E-state index in [4.69, 9.17) is 17.0 Å². The molecule has 1 fully saturated rings. The monoisotopic (exact) mass is 450 g/mol. The summed E-state index contributed by atoms with van der Waals surface area (Å²) in [4.78, 5) is 0. The largest absolute Gasteiger partial charge is 0.394 e. The first kappa shape index (κ1) is 22.3. The van der Waals surface area contributed by atoms with Crippen molar-refractivity contribution in [1.29, 1.82) is 5.26 Å². The van der Waals surface area contributed by atoms with Crippen LogP contribution >= 0.6 is 12.2 Å². The van der Waals surface area contributed by atoms with Gasteiger partial charge in [-0.3, -0.25) is 0 Å². The molecule has 7 nitrogen and oxygen atoms in total. The molecule has 5 unspecified atom stereocenters. The average molecular weight is 451 g/mol. The van der Waals surface area contributed by atoms with Crippen LogP contribution in [0.4, 0.5) is 0 Å². The number of aliphatic hydroxyl groups is 4. The van der Waals surface area contributed by atoms with E-state index in [1.54, 1.807) is 6.07 Å². The predicted octanol–water partition coefficient (Wildman–Crippen LogP) is 2.40. The minimum Gasteiger partial charge on any atom is -0.394 e. The second kappa shape index (κ2) is 9.30. The van der Waals surface area contributed by atoms with Crippen LogP contribution in [0.3, 0.4) is 0 Å². The molecule has 32 heavy (non-hydrogen) atoms. The molecule has 4 rings (SSSR count). The van der Waals surface area contributed by atoms with E-state index in [1.807, 2.05) is 60.7 Å². The van der Waals surface area contributed by atoms with Gasteiger partial charge < -0.3 is 29.7 Å². The summed E-state index contributed by atoms with van der Waals surface area (Å²) >= 11 is 5.69. The van der Waals surface area contributed by atoms with E-state index in [0.717, 1.165) is 11.1 Å². The van der Waals surface area contributed by atoms with Crippen LogP contribution in [0.15, 0.2) is 66.7 Å². The number of aliphatic hydroxyl groups excluding tert-OH is 4. The van der Waals surface area contributed by atoms with Gasteiger partial charge in [-0.2, -0.15) is 5.26 Å². The highest BCUT2D eigenvalue weighted by atomic mass is 32.1. The first-order chi connectivity index (χ1) is 15.5. The Morgan fingerprint density at radius 3 is 2.06 bits per heavy atom. The van der Waals surface area contributed by atoms with E-state index in [-0.39, 0.29) is 10.2 Å². The molecule has 0 saturated carbocycles. The van der Waals surface area contributed by atoms with Crippen molar-refractivity contribution in [3.05, 3.63) is 76.9 Å². The van der Waals surface area contributed by atoms with Gasteiger partial charge in [-0.15, -0.1) is 0 Å². The lowest BCUT2D eigenvalue weighted by atomic mass is 9.95. The Morgan fingerprint density at radius 1 is 0.906 bits per heavy atom. The van der Waals surface area contributed by atoms with Crippen molar-refractivity contribution in [3.63, 3.8) is 0 Å². The highest BCUT2D eigenvalue weighted by Crippen LogP contribution is 2.37. The Balaban J connectivity index is 2.00. The fraction of sp³-hybridized carbons (Fsp3) is 0.250. The van der Waals surface area contributed by atoms with E-state index in [0.29, 0.717) is 11.3 Å². The number of pyridine rings is 1. The van der Waals surface area contributed by atoms with Gasteiger partial charge in [0.15, 0.2) is 6.23 Å². The molecule has 1 aliphatic heterocycles. The van der Waals surface area contributed by atoms with Gasteiger partial charge in [0.1, 0.15) is 35.1 Å². The first-order valence-electron chi connectivity index (χ1n) is 10.1. The van der Waals surface area contributed by atoms with Gasteiger partial charge in [0.2, 0.25) is 0 Å². The smallest absolute Gasteiger partial charge is 0.164 e. The number of nitrogens with zero attached hydrogens (tertiary/aromatic N) is 2. The number of benzene rings is 2. The molecule has 2 aromatic carbocycles. The van der Waals surface area contributed by atoms with Gasteiger partial charge in [0.25, 0.3) is 0 Å². The van der Waals surface area contributed by atoms with E-state index >= 15 is 0 Å². The van der Waals surface area contributed by atoms with E-state index in [1.165, 1.54) is 4.57 Å². The van der Waals surface area contributed by atoms with Gasteiger partial charge >= 0.3 is 0 Å². The molecule has 3 aromatic rings. The second-order valence-electron chi connectivity index (χ2n) is 7.56. The van der Waals surface area contributed by atoms with Crippen LogP contribution in [0.5, 0.6) is 0 Å². The van der Waals surface area contributed by atoms with E-state index < -0.39 is 37.3 Å². The molecule has 5 atom stereocenters. The second-order valence-corrected chi connectivity index (χ2v) is 7.94. The molecule has 164 valence electrons. The molecule has 0 amide bonds. The number of rotatable bonds is 4. The van der Waals surface area contributed by atoms with Crippen molar-refractivity contribution in [2.75, 3.05) is 6.61 Å². The molecule has 4 N–H and O–H groups in total. The van der Waals surface area contributed by atoms with Gasteiger partial charge in [0, 0.05) is 5.56 Å². The number of hydrogen-bond donors (Lipinski definition) is 4. The molecule has 1 aromatic heterocycles. The summed E-state index contributed by atoms with van der Waals surface area (Å²) < 4.78 is 7.36. The zero-order valence-corrected chi connectivity index (χ0v) is 17.8. The molecule has 1 aliphatic rings. The fourth-order valence-electron chi connectivity index (χ4n) is 3.96. The maximum absolute atomic E-state index is 10.8. The quantitative estimate of drug-likeness (QED) is 0.451. The fourth-order valence-corrected chi connectivity index (χ4v) is 4.31. The average Bonchev–Trinajstić information content (AvgIpc) is 2.84. The van der Waals surface area contributed by atoms with Gasteiger partial charge in [-0.1, -0.05) is 72.9 Å². The number of ether oxygens (including phenoxy) is 1. The van der Waals surface area contributed by atoms with E-state index in [2.05, 4.69) is 6.07 Å². The van der Waals surface area contributed by atoms with Crippen LogP contribution in [0.2, 0.25) is 0 Å². The summed E-state index contributed by atoms with van der Waals surface area (Å²) in [7, 11) is 0. The summed E-state index contributed by atoms with van der Waals surface area (Å²) in [6, 6.07) is 22.5. The Labute approximate surface area is 190 Å². The van der Waals surface area contributed by atoms with Gasteiger partial charge in [-0.25, -0.2) is 0 Å². The lowest BCUT2D eigenvalue weighted by Crippen LogP contribution is -2.56. The number of hydrogen-bond acceptors (Lipinski definition) is 7. The molecular weight excluding hydrogens is 428 g/mol. The zero-order valence-electron chi connectivity index (χ0n) is 16.9. The van der Waals surface area contributed by atoms with Crippen molar-refractivity contribution in [3.8, 4) is 28.5 Å². The van der Waals surface area contributed by atoms with Crippen LogP contribution in [0, 0.1) is 16.0 Å². The van der Waals surface area contributed by atoms with Gasteiger partial charge in [0.05, 0.1) is 17.9 Å². The van der Waals surface area contributed by atoms with Crippen molar-refractivity contribution >= 4 is 12.2 Å². The van der Waals surface area contributed by atoms with Crippen molar-refractivity contribution in [1.82, 2.24) is 4.57 Å². The molecule has 2 heterocycles. The minimum atomic E-state index is -1.57. The topological polar surface area (TPSA) is 119 Å². The zero-order chi connectivity index (χ0) is 22.8. The van der Waals surface area contributed by atoms with Crippen LogP contribution in [-0.4, -0.2) is 56.0 Å². The summed E-state index contributed by atoms with van der Waals surface area (Å²) in [5.41, 5.74) is 2.93. The molecule has 1 saturated heterocycles. The third-order valence-corrected chi connectivity index (χ3v) is 6.03. The minimum absolute atomic E-state index is 0.108. The Kier molecular flexibility index (Phi) is 6.48. The highest BCUT2D eigenvalue weighted by molar-refractivity contribution is 7.71. The van der Waals surface area contributed by atoms with Crippen LogP contribution in [-0.2, 0) is 4.74 Å². The number of nitriles is 1. The Morgan fingerprint density at radius 2 is 1.50 bits per heavy atom. The molecular formula is C24H22N2O5S. The molecule has 0 aliphatic carbocycles. The SMILES string of the molecule is N#Cc1c(-c2ccccc2)cc(-c2ccccc2)n(C2OC(CO)C(O)C(O)C2O)c1=S. The number of aromatic nitrogens is 1. The Bertz CT molecular complexity index is 1190. The summed E-state index contributed by atoms with van der Waals surface area (Å²) in [6.45, 7) is -0.567. The van der Waals surface area contributed by atoms with Crippen molar-refractivity contribution in [2.24, 2.45) is 0 Å². The summed E-state index contributed by atoms with van der Waals surface area (Å²) in [6.07, 6.45) is -6.96. The first-order valence-corrected chi connectivity index (χ1v) is 10.5.